The van der Waals surface area contributed by atoms with Gasteiger partial charge in [-0.05, 0) is 20.8 Å². The summed E-state index contributed by atoms with van der Waals surface area (Å²) < 4.78 is 9.85. The SMILES string of the molecule is CC(=O)O[C@H]1[C@H](C)OC(O)(C(C)=O)[C@@](O)(C(C)=O)[C@@]1(O)C(C)=O. The quantitative estimate of drug-likeness (QED) is 0.510. The molecule has 1 heterocycles. The fraction of sp³-hybridized carbons (Fsp3) is 0.714. The van der Waals surface area contributed by atoms with Crippen molar-refractivity contribution in [1.29, 1.82) is 0 Å². The van der Waals surface area contributed by atoms with E-state index in [1.165, 1.54) is 6.92 Å². The lowest BCUT2D eigenvalue weighted by Crippen LogP contribution is -2.85. The van der Waals surface area contributed by atoms with Gasteiger partial charge in [-0.25, -0.2) is 0 Å². The number of rotatable bonds is 4. The van der Waals surface area contributed by atoms with Gasteiger partial charge in [0.15, 0.2) is 23.5 Å². The van der Waals surface area contributed by atoms with Crippen LogP contribution in [0, 0.1) is 0 Å². The molecule has 0 aromatic rings. The normalized spacial score (nSPS) is 40.3. The Balaban J connectivity index is 3.77. The van der Waals surface area contributed by atoms with E-state index in [4.69, 9.17) is 9.47 Å². The lowest BCUT2D eigenvalue weighted by Gasteiger charge is -2.55. The summed E-state index contributed by atoms with van der Waals surface area (Å²) in [6, 6.07) is 0. The van der Waals surface area contributed by atoms with Crippen LogP contribution in [0.15, 0.2) is 0 Å². The highest BCUT2D eigenvalue weighted by atomic mass is 16.7. The number of ether oxygens (including phenoxy) is 2. The number of aliphatic hydroxyl groups is 3. The average molecular weight is 332 g/mol. The second-order valence-corrected chi connectivity index (χ2v) is 5.64. The van der Waals surface area contributed by atoms with Gasteiger partial charge >= 0.3 is 5.97 Å². The van der Waals surface area contributed by atoms with Gasteiger partial charge in [-0.2, -0.15) is 0 Å². The fourth-order valence-electron chi connectivity index (χ4n) is 2.88. The number of ketones is 3. The molecular weight excluding hydrogens is 312 g/mol. The van der Waals surface area contributed by atoms with Crippen molar-refractivity contribution in [3.8, 4) is 0 Å². The molecule has 23 heavy (non-hydrogen) atoms. The Morgan fingerprint density at radius 1 is 0.913 bits per heavy atom. The van der Waals surface area contributed by atoms with E-state index in [-0.39, 0.29) is 0 Å². The van der Waals surface area contributed by atoms with Crippen molar-refractivity contribution in [2.24, 2.45) is 0 Å². The molecule has 9 nitrogen and oxygen atoms in total. The standard InChI is InChI=1S/C14H20O9/c1-6-11(22-10(5)18)12(19,7(2)15)13(20,8(3)16)14(21,23-6)9(4)17/h6,11,19-21H,1-5H3/t6-,11-,12+,13+,14?/m0/s1. The number of hydrogen-bond donors (Lipinski definition) is 3. The Hall–Kier alpha value is -1.68. The molecular formula is C14H20O9. The van der Waals surface area contributed by atoms with Gasteiger partial charge in [0.05, 0.1) is 6.10 Å². The van der Waals surface area contributed by atoms with Crippen LogP contribution >= 0.6 is 0 Å². The van der Waals surface area contributed by atoms with E-state index in [1.807, 2.05) is 0 Å². The molecule has 1 fully saturated rings. The Morgan fingerprint density at radius 3 is 1.70 bits per heavy atom. The van der Waals surface area contributed by atoms with E-state index in [1.54, 1.807) is 0 Å². The molecule has 1 unspecified atom stereocenters. The minimum Gasteiger partial charge on any atom is -0.456 e. The van der Waals surface area contributed by atoms with Crippen molar-refractivity contribution in [2.75, 3.05) is 0 Å². The predicted octanol–water partition coefficient (Wildman–Crippen LogP) is -1.75. The van der Waals surface area contributed by atoms with Gasteiger partial charge in [-0.1, -0.05) is 0 Å². The highest BCUT2D eigenvalue weighted by Gasteiger charge is 2.78. The third-order valence-corrected chi connectivity index (χ3v) is 4.05. The summed E-state index contributed by atoms with van der Waals surface area (Å²) in [5.74, 6) is -7.81. The molecule has 0 aromatic carbocycles. The minimum atomic E-state index is -3.36. The summed E-state index contributed by atoms with van der Waals surface area (Å²) in [5, 5.41) is 32.0. The van der Waals surface area contributed by atoms with Crippen LogP contribution in [0.5, 0.6) is 0 Å². The molecule has 9 heteroatoms. The zero-order valence-electron chi connectivity index (χ0n) is 13.4. The fourth-order valence-corrected chi connectivity index (χ4v) is 2.88. The van der Waals surface area contributed by atoms with E-state index in [9.17, 15) is 34.5 Å². The maximum Gasteiger partial charge on any atom is 0.303 e. The molecule has 0 amide bonds. The van der Waals surface area contributed by atoms with Crippen LogP contribution in [-0.4, -0.2) is 67.8 Å². The van der Waals surface area contributed by atoms with Gasteiger partial charge in [0.1, 0.15) is 0 Å². The first-order chi connectivity index (χ1) is 10.3. The van der Waals surface area contributed by atoms with Crippen LogP contribution < -0.4 is 0 Å². The van der Waals surface area contributed by atoms with Gasteiger partial charge in [-0.15, -0.1) is 0 Å². The molecule has 1 saturated heterocycles. The van der Waals surface area contributed by atoms with Gasteiger partial charge in [-0.3, -0.25) is 19.2 Å². The number of esters is 1. The predicted molar refractivity (Wildman–Crippen MR) is 73.0 cm³/mol. The average Bonchev–Trinajstić information content (AvgIpc) is 2.40. The van der Waals surface area contributed by atoms with E-state index >= 15 is 0 Å². The number of carbonyl (C=O) groups excluding carboxylic acids is 4. The molecule has 5 atom stereocenters. The molecule has 0 bridgehead atoms. The topological polar surface area (TPSA) is 147 Å². The highest BCUT2D eigenvalue weighted by Crippen LogP contribution is 2.46. The van der Waals surface area contributed by atoms with Crippen LogP contribution in [0.2, 0.25) is 0 Å². The Bertz CT molecular complexity index is 571. The molecule has 0 saturated carbocycles. The van der Waals surface area contributed by atoms with Crippen molar-refractivity contribution in [3.05, 3.63) is 0 Å². The second-order valence-electron chi connectivity index (χ2n) is 5.64. The Morgan fingerprint density at radius 2 is 1.39 bits per heavy atom. The lowest BCUT2D eigenvalue weighted by atomic mass is 9.64. The molecule has 0 aliphatic carbocycles. The van der Waals surface area contributed by atoms with Gasteiger partial charge in [0.2, 0.25) is 11.2 Å². The summed E-state index contributed by atoms with van der Waals surface area (Å²) in [6.45, 7) is 4.57. The zero-order chi connectivity index (χ0) is 18.4. The lowest BCUT2D eigenvalue weighted by molar-refractivity contribution is -0.369. The summed E-state index contributed by atoms with van der Waals surface area (Å²) in [7, 11) is 0. The van der Waals surface area contributed by atoms with E-state index in [0.29, 0.717) is 0 Å². The third kappa shape index (κ3) is 2.40. The van der Waals surface area contributed by atoms with Crippen LogP contribution in [0.3, 0.4) is 0 Å². The van der Waals surface area contributed by atoms with Crippen molar-refractivity contribution in [1.82, 2.24) is 0 Å². The van der Waals surface area contributed by atoms with Crippen LogP contribution in [0.25, 0.3) is 0 Å². The van der Waals surface area contributed by atoms with E-state index in [0.717, 1.165) is 27.7 Å². The monoisotopic (exact) mass is 332 g/mol. The van der Waals surface area contributed by atoms with Crippen molar-refractivity contribution >= 4 is 23.3 Å². The largest absolute Gasteiger partial charge is 0.456 e. The first-order valence-electron chi connectivity index (χ1n) is 6.82. The molecule has 3 N–H and O–H groups in total. The van der Waals surface area contributed by atoms with Crippen molar-refractivity contribution in [3.63, 3.8) is 0 Å². The first-order valence-corrected chi connectivity index (χ1v) is 6.82. The Labute approximate surface area is 132 Å². The van der Waals surface area contributed by atoms with E-state index in [2.05, 4.69) is 0 Å². The smallest absolute Gasteiger partial charge is 0.303 e. The highest BCUT2D eigenvalue weighted by molar-refractivity contribution is 6.04. The molecule has 1 aliphatic rings. The summed E-state index contributed by atoms with van der Waals surface area (Å²) in [5.41, 5.74) is -6.44. The molecule has 0 spiro atoms. The second kappa shape index (κ2) is 5.75. The summed E-state index contributed by atoms with van der Waals surface area (Å²) in [4.78, 5) is 47.1. The summed E-state index contributed by atoms with van der Waals surface area (Å²) in [6.07, 6.45) is -3.19. The Kier molecular flexibility index (Phi) is 4.84. The molecule has 1 rings (SSSR count). The molecule has 1 aliphatic heterocycles. The van der Waals surface area contributed by atoms with Crippen LogP contribution in [0.1, 0.15) is 34.6 Å². The number of carbonyl (C=O) groups is 4. The van der Waals surface area contributed by atoms with Crippen LogP contribution in [0.4, 0.5) is 0 Å². The van der Waals surface area contributed by atoms with Crippen molar-refractivity contribution < 1.29 is 44.0 Å². The minimum absolute atomic E-state index is 0.756. The maximum absolute atomic E-state index is 12.1. The number of hydrogen-bond acceptors (Lipinski definition) is 9. The van der Waals surface area contributed by atoms with E-state index < -0.39 is 52.5 Å². The van der Waals surface area contributed by atoms with Crippen molar-refractivity contribution in [2.45, 2.75) is 63.8 Å². The van der Waals surface area contributed by atoms with Gasteiger partial charge in [0.25, 0.3) is 5.79 Å². The van der Waals surface area contributed by atoms with Crippen LogP contribution in [-0.2, 0) is 28.7 Å². The molecule has 0 aromatic heterocycles. The molecule has 0 radical (unpaired) electrons. The zero-order valence-corrected chi connectivity index (χ0v) is 13.4. The first kappa shape index (κ1) is 19.4. The van der Waals surface area contributed by atoms with Gasteiger partial charge in [0, 0.05) is 13.8 Å². The van der Waals surface area contributed by atoms with Gasteiger partial charge < -0.3 is 24.8 Å². The maximum atomic E-state index is 12.1. The third-order valence-electron chi connectivity index (χ3n) is 4.05. The number of Topliss-reactive ketones (excluding diaryl/α,β-unsaturated/α-hetero) is 3. The summed E-state index contributed by atoms with van der Waals surface area (Å²) >= 11 is 0. The molecule has 130 valence electrons.